The zero-order chi connectivity index (χ0) is 9.84. The fourth-order valence-electron chi connectivity index (χ4n) is 1.09. The predicted octanol–water partition coefficient (Wildman–Crippen LogP) is 2.93. The van der Waals surface area contributed by atoms with Crippen LogP contribution in [0.5, 0.6) is 0 Å². The molecule has 0 amide bonds. The molecule has 0 saturated heterocycles. The lowest BCUT2D eigenvalue weighted by molar-refractivity contribution is 0.0524. The molecule has 0 aliphatic rings. The third-order valence-electron chi connectivity index (χ3n) is 1.70. The van der Waals surface area contributed by atoms with Gasteiger partial charge in [0.15, 0.2) is 0 Å². The van der Waals surface area contributed by atoms with Gasteiger partial charge in [0, 0.05) is 4.47 Å². The topological polar surface area (TPSA) is 26.3 Å². The number of carbonyl (C=O) groups excluding carboxylic acids is 1. The Kier molecular flexibility index (Phi) is 3.48. The van der Waals surface area contributed by atoms with E-state index in [1.807, 2.05) is 25.1 Å². The number of hydrogen-bond donors (Lipinski definition) is 0. The minimum absolute atomic E-state index is 0.271. The molecule has 0 N–H and O–H groups in total. The predicted molar refractivity (Wildman–Crippen MR) is 54.8 cm³/mol. The summed E-state index contributed by atoms with van der Waals surface area (Å²) in [7, 11) is 0. The molecule has 0 aromatic heterocycles. The Labute approximate surface area is 86.0 Å². The van der Waals surface area contributed by atoms with Gasteiger partial charge >= 0.3 is 5.97 Å². The molecule has 0 aliphatic carbocycles. The van der Waals surface area contributed by atoms with Crippen LogP contribution in [-0.2, 0) is 4.74 Å². The van der Waals surface area contributed by atoms with Gasteiger partial charge in [-0.2, -0.15) is 0 Å². The summed E-state index contributed by atoms with van der Waals surface area (Å²) in [5, 5.41) is 0. The highest BCUT2D eigenvalue weighted by atomic mass is 79.9. The molecule has 70 valence electrons. The van der Waals surface area contributed by atoms with E-state index in [0.29, 0.717) is 12.2 Å². The first-order valence-corrected chi connectivity index (χ1v) is 4.88. The second-order valence-electron chi connectivity index (χ2n) is 2.65. The van der Waals surface area contributed by atoms with Crippen molar-refractivity contribution in [3.05, 3.63) is 33.8 Å². The summed E-state index contributed by atoms with van der Waals surface area (Å²) in [5.41, 5.74) is 1.54. The molecular weight excluding hydrogens is 232 g/mol. The highest BCUT2D eigenvalue weighted by Gasteiger charge is 2.12. The van der Waals surface area contributed by atoms with Crippen LogP contribution in [-0.4, -0.2) is 12.6 Å². The molecule has 0 fully saturated rings. The third-order valence-corrected chi connectivity index (χ3v) is 2.36. The van der Waals surface area contributed by atoms with E-state index in [1.165, 1.54) is 0 Å². The van der Waals surface area contributed by atoms with Gasteiger partial charge in [-0.05, 0) is 41.4 Å². The van der Waals surface area contributed by atoms with Crippen molar-refractivity contribution in [1.29, 1.82) is 0 Å². The Balaban J connectivity index is 3.05. The van der Waals surface area contributed by atoms with E-state index in [9.17, 15) is 4.79 Å². The van der Waals surface area contributed by atoms with Crippen molar-refractivity contribution in [2.24, 2.45) is 0 Å². The van der Waals surface area contributed by atoms with E-state index in [4.69, 9.17) is 4.74 Å². The zero-order valence-corrected chi connectivity index (χ0v) is 9.22. The molecule has 2 nitrogen and oxygen atoms in total. The Morgan fingerprint density at radius 3 is 2.77 bits per heavy atom. The Morgan fingerprint density at radius 1 is 1.54 bits per heavy atom. The van der Waals surface area contributed by atoms with E-state index in [1.54, 1.807) is 6.92 Å². The van der Waals surface area contributed by atoms with Gasteiger partial charge in [-0.15, -0.1) is 0 Å². The van der Waals surface area contributed by atoms with Crippen LogP contribution >= 0.6 is 15.9 Å². The SMILES string of the molecule is CCOC(=O)c1c(C)cccc1Br. The van der Waals surface area contributed by atoms with Gasteiger partial charge in [-0.1, -0.05) is 12.1 Å². The second kappa shape index (κ2) is 4.42. The van der Waals surface area contributed by atoms with Crippen LogP contribution in [0.2, 0.25) is 0 Å². The third kappa shape index (κ3) is 2.31. The molecule has 0 atom stereocenters. The normalized spacial score (nSPS) is 9.77. The van der Waals surface area contributed by atoms with Gasteiger partial charge in [0.25, 0.3) is 0 Å². The number of hydrogen-bond acceptors (Lipinski definition) is 2. The van der Waals surface area contributed by atoms with Crippen LogP contribution < -0.4 is 0 Å². The number of benzene rings is 1. The average molecular weight is 243 g/mol. The van der Waals surface area contributed by atoms with Crippen LogP contribution in [0.25, 0.3) is 0 Å². The Hall–Kier alpha value is -0.830. The second-order valence-corrected chi connectivity index (χ2v) is 3.51. The molecule has 1 aromatic rings. The molecule has 0 saturated carbocycles. The van der Waals surface area contributed by atoms with Crippen molar-refractivity contribution in [2.45, 2.75) is 13.8 Å². The summed E-state index contributed by atoms with van der Waals surface area (Å²) < 4.78 is 5.70. The molecular formula is C10H11BrO2. The summed E-state index contributed by atoms with van der Waals surface area (Å²) in [6, 6.07) is 5.61. The zero-order valence-electron chi connectivity index (χ0n) is 7.63. The van der Waals surface area contributed by atoms with Crippen molar-refractivity contribution >= 4 is 21.9 Å². The quantitative estimate of drug-likeness (QED) is 0.746. The molecule has 0 heterocycles. The molecule has 0 unspecified atom stereocenters. The summed E-state index contributed by atoms with van der Waals surface area (Å²) in [4.78, 5) is 11.4. The summed E-state index contributed by atoms with van der Waals surface area (Å²) in [6.07, 6.45) is 0. The Bertz CT molecular complexity index is 300. The molecule has 0 radical (unpaired) electrons. The number of esters is 1. The lowest BCUT2D eigenvalue weighted by atomic mass is 10.1. The number of rotatable bonds is 2. The van der Waals surface area contributed by atoms with E-state index in [-0.39, 0.29) is 5.97 Å². The number of halogens is 1. The summed E-state index contributed by atoms with van der Waals surface area (Å²) >= 11 is 3.32. The van der Waals surface area contributed by atoms with Crippen molar-refractivity contribution in [3.63, 3.8) is 0 Å². The molecule has 0 bridgehead atoms. The highest BCUT2D eigenvalue weighted by Crippen LogP contribution is 2.20. The maximum Gasteiger partial charge on any atom is 0.339 e. The van der Waals surface area contributed by atoms with Crippen molar-refractivity contribution in [2.75, 3.05) is 6.61 Å². The molecule has 0 aliphatic heterocycles. The van der Waals surface area contributed by atoms with E-state index < -0.39 is 0 Å². The van der Waals surface area contributed by atoms with E-state index in [0.717, 1.165) is 10.0 Å². The maximum atomic E-state index is 11.4. The van der Waals surface area contributed by atoms with Gasteiger partial charge in [-0.3, -0.25) is 0 Å². The molecule has 3 heteroatoms. The molecule has 1 aromatic carbocycles. The maximum absolute atomic E-state index is 11.4. The standard InChI is InChI=1S/C10H11BrO2/c1-3-13-10(12)9-7(2)5-4-6-8(9)11/h4-6H,3H2,1-2H3. The minimum atomic E-state index is -0.271. The van der Waals surface area contributed by atoms with Crippen LogP contribution in [0.1, 0.15) is 22.8 Å². The van der Waals surface area contributed by atoms with Gasteiger partial charge in [0.2, 0.25) is 0 Å². The fraction of sp³-hybridized carbons (Fsp3) is 0.300. The highest BCUT2D eigenvalue weighted by molar-refractivity contribution is 9.10. The van der Waals surface area contributed by atoms with Crippen LogP contribution in [0.4, 0.5) is 0 Å². The number of carbonyl (C=O) groups is 1. The van der Waals surface area contributed by atoms with Crippen molar-refractivity contribution < 1.29 is 9.53 Å². The van der Waals surface area contributed by atoms with E-state index in [2.05, 4.69) is 15.9 Å². The summed E-state index contributed by atoms with van der Waals surface area (Å²) in [5.74, 6) is -0.271. The van der Waals surface area contributed by atoms with Crippen molar-refractivity contribution in [3.8, 4) is 0 Å². The largest absolute Gasteiger partial charge is 0.462 e. The lowest BCUT2D eigenvalue weighted by Crippen LogP contribution is -2.07. The van der Waals surface area contributed by atoms with Crippen LogP contribution in [0.3, 0.4) is 0 Å². The first-order chi connectivity index (χ1) is 6.16. The first kappa shape index (κ1) is 10.3. The van der Waals surface area contributed by atoms with Crippen LogP contribution in [0, 0.1) is 6.92 Å². The first-order valence-electron chi connectivity index (χ1n) is 4.09. The van der Waals surface area contributed by atoms with Gasteiger partial charge in [-0.25, -0.2) is 4.79 Å². The molecule has 13 heavy (non-hydrogen) atoms. The number of ether oxygens (including phenoxy) is 1. The van der Waals surface area contributed by atoms with E-state index >= 15 is 0 Å². The number of aryl methyl sites for hydroxylation is 1. The molecule has 0 spiro atoms. The molecule has 1 rings (SSSR count). The average Bonchev–Trinajstić information content (AvgIpc) is 2.04. The van der Waals surface area contributed by atoms with Gasteiger partial charge < -0.3 is 4.74 Å². The summed E-state index contributed by atoms with van der Waals surface area (Å²) in [6.45, 7) is 4.08. The monoisotopic (exact) mass is 242 g/mol. The smallest absolute Gasteiger partial charge is 0.339 e. The minimum Gasteiger partial charge on any atom is -0.462 e. The van der Waals surface area contributed by atoms with Gasteiger partial charge in [0.1, 0.15) is 0 Å². The van der Waals surface area contributed by atoms with Crippen molar-refractivity contribution in [1.82, 2.24) is 0 Å². The fourth-order valence-corrected chi connectivity index (χ4v) is 1.72. The van der Waals surface area contributed by atoms with Gasteiger partial charge in [0.05, 0.1) is 12.2 Å². The Morgan fingerprint density at radius 2 is 2.23 bits per heavy atom. The lowest BCUT2D eigenvalue weighted by Gasteiger charge is -2.06. The van der Waals surface area contributed by atoms with Crippen LogP contribution in [0.15, 0.2) is 22.7 Å².